The van der Waals surface area contributed by atoms with Gasteiger partial charge in [0.2, 0.25) is 0 Å². The smallest absolute Gasteiger partial charge is 0.145 e. The van der Waals surface area contributed by atoms with Crippen LogP contribution in [0.15, 0.2) is 36.4 Å². The first-order chi connectivity index (χ1) is 8.40. The van der Waals surface area contributed by atoms with E-state index in [-0.39, 0.29) is 22.3 Å². The number of aromatic hydroxyl groups is 2. The fourth-order valence-electron chi connectivity index (χ4n) is 1.07. The summed E-state index contributed by atoms with van der Waals surface area (Å²) in [7, 11) is 0. The van der Waals surface area contributed by atoms with Crippen molar-refractivity contribution in [1.29, 1.82) is 0 Å². The Kier molecular flexibility index (Phi) is 4.92. The summed E-state index contributed by atoms with van der Waals surface area (Å²) in [6.45, 7) is 1.65. The lowest BCUT2D eigenvalue weighted by Crippen LogP contribution is -1.78. The highest BCUT2D eigenvalue weighted by Crippen LogP contribution is 2.18. The van der Waals surface area contributed by atoms with Crippen LogP contribution in [0, 0.1) is 18.6 Å². The summed E-state index contributed by atoms with van der Waals surface area (Å²) in [6.07, 6.45) is 0. The summed E-state index contributed by atoms with van der Waals surface area (Å²) in [5.41, 5.74) is 0.549. The highest BCUT2D eigenvalue weighted by molar-refractivity contribution is 6.30. The molecule has 0 unspecified atom stereocenters. The Hall–Kier alpha value is -1.81. The maximum atomic E-state index is 12.4. The van der Waals surface area contributed by atoms with E-state index in [4.69, 9.17) is 21.8 Å². The third-order valence-electron chi connectivity index (χ3n) is 2.06. The number of benzene rings is 2. The molecule has 0 aliphatic rings. The molecule has 18 heavy (non-hydrogen) atoms. The van der Waals surface area contributed by atoms with Gasteiger partial charge in [0.05, 0.1) is 5.02 Å². The second kappa shape index (κ2) is 6.21. The van der Waals surface area contributed by atoms with Crippen molar-refractivity contribution in [2.45, 2.75) is 6.92 Å². The molecule has 0 saturated carbocycles. The molecule has 0 amide bonds. The Morgan fingerprint density at radius 1 is 0.889 bits per heavy atom. The lowest BCUT2D eigenvalue weighted by Gasteiger charge is -1.93. The number of phenols is 2. The zero-order valence-corrected chi connectivity index (χ0v) is 10.2. The van der Waals surface area contributed by atoms with Crippen LogP contribution in [-0.2, 0) is 0 Å². The first-order valence-corrected chi connectivity index (χ1v) is 5.37. The minimum absolute atomic E-state index is 0.0211. The molecule has 96 valence electrons. The molecule has 0 bridgehead atoms. The van der Waals surface area contributed by atoms with Crippen LogP contribution in [0.3, 0.4) is 0 Å². The van der Waals surface area contributed by atoms with E-state index >= 15 is 0 Å². The van der Waals surface area contributed by atoms with Gasteiger partial charge in [-0.2, -0.15) is 0 Å². The molecule has 2 aromatic rings. The molecule has 2 rings (SSSR count). The summed E-state index contributed by atoms with van der Waals surface area (Å²) in [5, 5.41) is 17.4. The predicted octanol–water partition coefficient (Wildman–Crippen LogP) is 4.02. The molecule has 0 atom stereocenters. The molecule has 2 aromatic carbocycles. The first-order valence-electron chi connectivity index (χ1n) is 4.99. The lowest BCUT2D eigenvalue weighted by molar-refractivity contribution is 0.468. The van der Waals surface area contributed by atoms with E-state index in [0.29, 0.717) is 5.56 Å². The van der Waals surface area contributed by atoms with Crippen LogP contribution < -0.4 is 0 Å². The van der Waals surface area contributed by atoms with Gasteiger partial charge in [-0.15, -0.1) is 0 Å². The lowest BCUT2D eigenvalue weighted by atomic mass is 10.2. The zero-order valence-electron chi connectivity index (χ0n) is 9.49. The van der Waals surface area contributed by atoms with Crippen LogP contribution in [0.2, 0.25) is 5.02 Å². The van der Waals surface area contributed by atoms with E-state index < -0.39 is 5.82 Å². The topological polar surface area (TPSA) is 40.5 Å². The SMILES string of the molecule is Cc1ccc(O)cc1F.Oc1ccc(Cl)c(F)c1. The molecule has 0 saturated heterocycles. The average Bonchev–Trinajstić information content (AvgIpc) is 2.30. The molecule has 2 N–H and O–H groups in total. The Morgan fingerprint density at radius 2 is 1.39 bits per heavy atom. The van der Waals surface area contributed by atoms with Crippen molar-refractivity contribution in [3.05, 3.63) is 58.6 Å². The van der Waals surface area contributed by atoms with Gasteiger partial charge in [-0.1, -0.05) is 17.7 Å². The largest absolute Gasteiger partial charge is 0.508 e. The van der Waals surface area contributed by atoms with E-state index in [1.807, 2.05) is 0 Å². The van der Waals surface area contributed by atoms with Crippen LogP contribution in [0.4, 0.5) is 8.78 Å². The molecule has 0 aromatic heterocycles. The van der Waals surface area contributed by atoms with Gasteiger partial charge in [0.25, 0.3) is 0 Å². The number of hydrogen-bond acceptors (Lipinski definition) is 2. The second-order valence-corrected chi connectivity index (χ2v) is 3.94. The number of hydrogen-bond donors (Lipinski definition) is 2. The number of rotatable bonds is 0. The van der Waals surface area contributed by atoms with Crippen molar-refractivity contribution in [3.8, 4) is 11.5 Å². The van der Waals surface area contributed by atoms with Gasteiger partial charge in [0.15, 0.2) is 0 Å². The average molecular weight is 273 g/mol. The first kappa shape index (κ1) is 14.3. The van der Waals surface area contributed by atoms with Crippen molar-refractivity contribution < 1.29 is 19.0 Å². The summed E-state index contributed by atoms with van der Waals surface area (Å²) < 4.78 is 24.7. The number of aryl methyl sites for hydroxylation is 1. The van der Waals surface area contributed by atoms with Crippen molar-refractivity contribution in [2.75, 3.05) is 0 Å². The van der Waals surface area contributed by atoms with Crippen LogP contribution in [0.5, 0.6) is 11.5 Å². The van der Waals surface area contributed by atoms with Gasteiger partial charge in [-0.3, -0.25) is 0 Å². The van der Waals surface area contributed by atoms with Gasteiger partial charge in [0.1, 0.15) is 23.1 Å². The van der Waals surface area contributed by atoms with Gasteiger partial charge in [-0.25, -0.2) is 8.78 Å². The summed E-state index contributed by atoms with van der Waals surface area (Å²) in [5.74, 6) is -1.11. The fourth-order valence-corrected chi connectivity index (χ4v) is 1.18. The second-order valence-electron chi connectivity index (χ2n) is 3.53. The third-order valence-corrected chi connectivity index (χ3v) is 2.37. The molecular formula is C13H11ClF2O2. The van der Waals surface area contributed by atoms with Gasteiger partial charge < -0.3 is 10.2 Å². The van der Waals surface area contributed by atoms with Crippen molar-refractivity contribution in [2.24, 2.45) is 0 Å². The Labute approximate surface area is 108 Å². The van der Waals surface area contributed by atoms with Crippen molar-refractivity contribution >= 4 is 11.6 Å². The zero-order chi connectivity index (χ0) is 13.7. The van der Waals surface area contributed by atoms with E-state index in [0.717, 1.165) is 12.1 Å². The number of halogens is 3. The third kappa shape index (κ3) is 4.22. The summed E-state index contributed by atoms with van der Waals surface area (Å²) in [6, 6.07) is 7.67. The maximum absolute atomic E-state index is 12.4. The molecule has 0 heterocycles. The number of phenolic OH excluding ortho intramolecular Hbond substituents is 2. The van der Waals surface area contributed by atoms with E-state index in [1.165, 1.54) is 24.3 Å². The van der Waals surface area contributed by atoms with E-state index in [1.54, 1.807) is 6.92 Å². The van der Waals surface area contributed by atoms with Crippen LogP contribution in [0.1, 0.15) is 5.56 Å². The summed E-state index contributed by atoms with van der Waals surface area (Å²) in [4.78, 5) is 0. The van der Waals surface area contributed by atoms with Crippen molar-refractivity contribution in [3.63, 3.8) is 0 Å². The molecule has 2 nitrogen and oxygen atoms in total. The Balaban J connectivity index is 0.000000180. The van der Waals surface area contributed by atoms with E-state index in [9.17, 15) is 8.78 Å². The molecule has 0 aliphatic carbocycles. The van der Waals surface area contributed by atoms with Gasteiger partial charge in [-0.05, 0) is 30.7 Å². The molecule has 5 heteroatoms. The monoisotopic (exact) mass is 272 g/mol. The van der Waals surface area contributed by atoms with Crippen LogP contribution in [0.25, 0.3) is 0 Å². The molecule has 0 aliphatic heterocycles. The Morgan fingerprint density at radius 3 is 1.78 bits per heavy atom. The van der Waals surface area contributed by atoms with Crippen LogP contribution >= 0.6 is 11.6 Å². The molecular weight excluding hydrogens is 262 g/mol. The molecule has 0 radical (unpaired) electrons. The van der Waals surface area contributed by atoms with Gasteiger partial charge >= 0.3 is 0 Å². The van der Waals surface area contributed by atoms with Gasteiger partial charge in [0, 0.05) is 12.1 Å². The normalized spacial score (nSPS) is 9.56. The Bertz CT molecular complexity index is 495. The van der Waals surface area contributed by atoms with Crippen LogP contribution in [-0.4, -0.2) is 10.2 Å². The maximum Gasteiger partial charge on any atom is 0.145 e. The minimum Gasteiger partial charge on any atom is -0.508 e. The predicted molar refractivity (Wildman–Crippen MR) is 65.9 cm³/mol. The van der Waals surface area contributed by atoms with Crippen molar-refractivity contribution in [1.82, 2.24) is 0 Å². The quantitative estimate of drug-likeness (QED) is 0.760. The highest BCUT2D eigenvalue weighted by atomic mass is 35.5. The minimum atomic E-state index is -0.600. The molecule has 0 fully saturated rings. The highest BCUT2D eigenvalue weighted by Gasteiger charge is 1.97. The standard InChI is InChI=1S/C7H7FO.C6H4ClFO/c1-5-2-3-6(9)4-7(5)8;7-5-2-1-4(9)3-6(5)8/h2-4,9H,1H3;1-3,9H. The fraction of sp³-hybridized carbons (Fsp3) is 0.0769. The molecule has 0 spiro atoms. The van der Waals surface area contributed by atoms with E-state index in [2.05, 4.69) is 0 Å². The summed E-state index contributed by atoms with van der Waals surface area (Å²) >= 11 is 5.29.